The Hall–Kier alpha value is -1.58. The van der Waals surface area contributed by atoms with E-state index in [4.69, 9.17) is 5.11 Å². The molecule has 1 rings (SSSR count). The second-order valence-electron chi connectivity index (χ2n) is 4.74. The lowest BCUT2D eigenvalue weighted by Gasteiger charge is -2.20. The van der Waals surface area contributed by atoms with Crippen molar-refractivity contribution in [3.8, 4) is 0 Å². The molecule has 0 radical (unpaired) electrons. The van der Waals surface area contributed by atoms with Gasteiger partial charge in [-0.25, -0.2) is 9.18 Å². The maximum absolute atomic E-state index is 13.8. The van der Waals surface area contributed by atoms with Crippen LogP contribution in [-0.4, -0.2) is 17.1 Å². The van der Waals surface area contributed by atoms with E-state index in [1.807, 2.05) is 0 Å². The summed E-state index contributed by atoms with van der Waals surface area (Å²) in [5.74, 6) is -1.61. The summed E-state index contributed by atoms with van der Waals surface area (Å²) in [7, 11) is 0. The average molecular weight is 267 g/mol. The first-order valence-electron chi connectivity index (χ1n) is 6.88. The van der Waals surface area contributed by atoms with Crippen molar-refractivity contribution in [2.75, 3.05) is 5.32 Å². The Morgan fingerprint density at radius 2 is 2.05 bits per heavy atom. The minimum Gasteiger partial charge on any atom is -0.478 e. The molecule has 1 atom stereocenters. The molecule has 0 aliphatic rings. The number of rotatable bonds is 8. The standard InChI is InChI=1S/C15H22FNO2/c1-3-5-8-11(7-4-2)17-14-12(15(18)19)9-6-10-13(14)16/h6,9-11,17H,3-5,7-8H2,1-2H3,(H,18,19). The molecule has 2 N–H and O–H groups in total. The number of carbonyl (C=O) groups is 1. The summed E-state index contributed by atoms with van der Waals surface area (Å²) in [6.45, 7) is 4.18. The van der Waals surface area contributed by atoms with E-state index in [-0.39, 0.29) is 17.3 Å². The number of carboxylic acid groups (broad SMARTS) is 1. The number of benzene rings is 1. The number of nitrogens with one attached hydrogen (secondary N) is 1. The first-order chi connectivity index (χ1) is 9.10. The highest BCUT2D eigenvalue weighted by atomic mass is 19.1. The van der Waals surface area contributed by atoms with Gasteiger partial charge in [0.15, 0.2) is 0 Å². The molecule has 1 unspecified atom stereocenters. The Labute approximate surface area is 113 Å². The topological polar surface area (TPSA) is 49.3 Å². The third-order valence-corrected chi connectivity index (χ3v) is 3.14. The highest BCUT2D eigenvalue weighted by molar-refractivity contribution is 5.94. The van der Waals surface area contributed by atoms with Gasteiger partial charge in [-0.1, -0.05) is 39.2 Å². The Morgan fingerprint density at radius 3 is 2.63 bits per heavy atom. The predicted octanol–water partition coefficient (Wildman–Crippen LogP) is 4.29. The predicted molar refractivity (Wildman–Crippen MR) is 75.2 cm³/mol. The molecule has 4 heteroatoms. The van der Waals surface area contributed by atoms with Crippen LogP contribution in [0, 0.1) is 5.82 Å². The van der Waals surface area contributed by atoms with Crippen LogP contribution in [0.25, 0.3) is 0 Å². The van der Waals surface area contributed by atoms with Crippen molar-refractivity contribution in [1.29, 1.82) is 0 Å². The molecule has 0 saturated carbocycles. The van der Waals surface area contributed by atoms with Gasteiger partial charge in [0.2, 0.25) is 0 Å². The number of para-hydroxylation sites is 1. The van der Waals surface area contributed by atoms with Crippen LogP contribution < -0.4 is 5.32 Å². The molecule has 0 fully saturated rings. The van der Waals surface area contributed by atoms with Gasteiger partial charge in [-0.15, -0.1) is 0 Å². The molecule has 106 valence electrons. The highest BCUT2D eigenvalue weighted by Gasteiger charge is 2.17. The molecule has 0 aromatic heterocycles. The lowest BCUT2D eigenvalue weighted by molar-refractivity contribution is 0.0697. The summed E-state index contributed by atoms with van der Waals surface area (Å²) in [5.41, 5.74) is 0.113. The lowest BCUT2D eigenvalue weighted by atomic mass is 10.0. The molecule has 0 aliphatic heterocycles. The third kappa shape index (κ3) is 4.54. The molecule has 1 aromatic rings. The lowest BCUT2D eigenvalue weighted by Crippen LogP contribution is -2.21. The normalized spacial score (nSPS) is 12.2. The molecule has 0 bridgehead atoms. The average Bonchev–Trinajstić information content (AvgIpc) is 2.38. The fourth-order valence-electron chi connectivity index (χ4n) is 2.14. The summed E-state index contributed by atoms with van der Waals surface area (Å²) >= 11 is 0. The van der Waals surface area contributed by atoms with E-state index in [0.29, 0.717) is 0 Å². The Bertz CT molecular complexity index is 421. The summed E-state index contributed by atoms with van der Waals surface area (Å²) in [5, 5.41) is 12.2. The van der Waals surface area contributed by atoms with E-state index in [9.17, 15) is 9.18 Å². The summed E-state index contributed by atoms with van der Waals surface area (Å²) < 4.78 is 13.8. The molecule has 19 heavy (non-hydrogen) atoms. The fourth-order valence-corrected chi connectivity index (χ4v) is 2.14. The number of aromatic carboxylic acids is 1. The SMILES string of the molecule is CCCCC(CCC)Nc1c(F)cccc1C(=O)O. The van der Waals surface area contributed by atoms with Crippen LogP contribution in [0.1, 0.15) is 56.3 Å². The molecule has 0 heterocycles. The quantitative estimate of drug-likeness (QED) is 0.738. The van der Waals surface area contributed by atoms with Crippen molar-refractivity contribution in [1.82, 2.24) is 0 Å². The van der Waals surface area contributed by atoms with Gasteiger partial charge in [-0.3, -0.25) is 0 Å². The number of unbranched alkanes of at least 4 members (excludes halogenated alkanes) is 1. The summed E-state index contributed by atoms with van der Waals surface area (Å²) in [4.78, 5) is 11.1. The molecule has 1 aromatic carbocycles. The van der Waals surface area contributed by atoms with Gasteiger partial charge >= 0.3 is 5.97 Å². The Balaban J connectivity index is 2.91. The van der Waals surface area contributed by atoms with Gasteiger partial charge in [0.1, 0.15) is 5.82 Å². The monoisotopic (exact) mass is 267 g/mol. The number of hydrogen-bond donors (Lipinski definition) is 2. The van der Waals surface area contributed by atoms with Crippen molar-refractivity contribution >= 4 is 11.7 Å². The van der Waals surface area contributed by atoms with Crippen LogP contribution >= 0.6 is 0 Å². The van der Waals surface area contributed by atoms with Gasteiger partial charge in [-0.2, -0.15) is 0 Å². The van der Waals surface area contributed by atoms with Crippen molar-refractivity contribution in [2.45, 2.75) is 52.0 Å². The molecule has 0 saturated heterocycles. The highest BCUT2D eigenvalue weighted by Crippen LogP contribution is 2.23. The third-order valence-electron chi connectivity index (χ3n) is 3.14. The van der Waals surface area contributed by atoms with E-state index < -0.39 is 11.8 Å². The second-order valence-corrected chi connectivity index (χ2v) is 4.74. The van der Waals surface area contributed by atoms with Crippen molar-refractivity contribution in [3.63, 3.8) is 0 Å². The molecular weight excluding hydrogens is 245 g/mol. The smallest absolute Gasteiger partial charge is 0.337 e. The first kappa shape index (κ1) is 15.5. The van der Waals surface area contributed by atoms with Crippen LogP contribution in [-0.2, 0) is 0 Å². The number of hydrogen-bond acceptors (Lipinski definition) is 2. The number of halogens is 1. The minimum absolute atomic E-state index is 0.00222. The van der Waals surface area contributed by atoms with E-state index in [1.165, 1.54) is 18.2 Å². The van der Waals surface area contributed by atoms with Crippen LogP contribution in [0.4, 0.5) is 10.1 Å². The first-order valence-corrected chi connectivity index (χ1v) is 6.88. The number of carboxylic acids is 1. The minimum atomic E-state index is -1.10. The molecule has 3 nitrogen and oxygen atoms in total. The van der Waals surface area contributed by atoms with Crippen LogP contribution in [0.5, 0.6) is 0 Å². The van der Waals surface area contributed by atoms with Crippen molar-refractivity contribution in [3.05, 3.63) is 29.6 Å². The van der Waals surface area contributed by atoms with Crippen molar-refractivity contribution < 1.29 is 14.3 Å². The molecule has 0 spiro atoms. The largest absolute Gasteiger partial charge is 0.478 e. The van der Waals surface area contributed by atoms with Crippen LogP contribution in [0.15, 0.2) is 18.2 Å². The van der Waals surface area contributed by atoms with Gasteiger partial charge in [-0.05, 0) is 25.0 Å². The van der Waals surface area contributed by atoms with Gasteiger partial charge in [0.25, 0.3) is 0 Å². The van der Waals surface area contributed by atoms with E-state index >= 15 is 0 Å². The zero-order valence-electron chi connectivity index (χ0n) is 11.6. The zero-order valence-corrected chi connectivity index (χ0v) is 11.6. The summed E-state index contributed by atoms with van der Waals surface area (Å²) in [6, 6.07) is 4.26. The van der Waals surface area contributed by atoms with E-state index in [1.54, 1.807) is 0 Å². The van der Waals surface area contributed by atoms with Crippen LogP contribution in [0.2, 0.25) is 0 Å². The number of anilines is 1. The molecule has 0 aliphatic carbocycles. The molecular formula is C15H22FNO2. The zero-order chi connectivity index (χ0) is 14.3. The Kier molecular flexibility index (Phi) is 6.33. The maximum atomic E-state index is 13.8. The second kappa shape index (κ2) is 7.77. The van der Waals surface area contributed by atoms with Gasteiger partial charge < -0.3 is 10.4 Å². The van der Waals surface area contributed by atoms with E-state index in [0.717, 1.165) is 32.1 Å². The maximum Gasteiger partial charge on any atom is 0.337 e. The summed E-state index contributed by atoms with van der Waals surface area (Å²) in [6.07, 6.45) is 4.95. The van der Waals surface area contributed by atoms with E-state index in [2.05, 4.69) is 19.2 Å². The van der Waals surface area contributed by atoms with Crippen LogP contribution in [0.3, 0.4) is 0 Å². The fraction of sp³-hybridized carbons (Fsp3) is 0.533. The molecule has 0 amide bonds. The van der Waals surface area contributed by atoms with Gasteiger partial charge in [0, 0.05) is 6.04 Å². The Morgan fingerprint density at radius 1 is 1.32 bits per heavy atom. The van der Waals surface area contributed by atoms with Gasteiger partial charge in [0.05, 0.1) is 11.3 Å². The van der Waals surface area contributed by atoms with Crippen molar-refractivity contribution in [2.24, 2.45) is 0 Å².